The molecule has 0 aromatic heterocycles. The number of allylic oxidation sites excluding steroid dienone is 2. The highest BCUT2D eigenvalue weighted by molar-refractivity contribution is 6.03. The average Bonchev–Trinajstić information content (AvgIpc) is 2.91. The summed E-state index contributed by atoms with van der Waals surface area (Å²) in [5.41, 5.74) is 5.20. The van der Waals surface area contributed by atoms with Crippen LogP contribution in [0.4, 0.5) is 5.69 Å². The molecule has 3 aliphatic rings. The van der Waals surface area contributed by atoms with E-state index in [0.717, 1.165) is 35.7 Å². The third-order valence-electron chi connectivity index (χ3n) is 7.56. The Morgan fingerprint density at radius 2 is 1.89 bits per heavy atom. The summed E-state index contributed by atoms with van der Waals surface area (Å²) in [4.78, 5) is 7.54. The zero-order valence-corrected chi connectivity index (χ0v) is 22.0. The van der Waals surface area contributed by atoms with Crippen LogP contribution in [0.5, 0.6) is 11.5 Å². The van der Waals surface area contributed by atoms with Crippen LogP contribution in [0.25, 0.3) is 0 Å². The van der Waals surface area contributed by atoms with Crippen LogP contribution in [0, 0.1) is 12.3 Å². The molecular formula is C30H38N4O3. The van der Waals surface area contributed by atoms with E-state index >= 15 is 0 Å². The van der Waals surface area contributed by atoms with E-state index < -0.39 is 6.35 Å². The van der Waals surface area contributed by atoms with E-state index in [2.05, 4.69) is 71.9 Å². The van der Waals surface area contributed by atoms with Gasteiger partial charge in [-0.3, -0.25) is 10.2 Å². The van der Waals surface area contributed by atoms with Gasteiger partial charge < -0.3 is 19.9 Å². The first-order valence-corrected chi connectivity index (χ1v) is 13.2. The minimum atomic E-state index is -0.418. The number of likely N-dealkylation sites (tertiary alicyclic amines) is 1. The second kappa shape index (κ2) is 11.1. The molecule has 5 rings (SSSR count). The number of hydrogen-bond donors (Lipinski definition) is 3. The summed E-state index contributed by atoms with van der Waals surface area (Å²) in [6, 6.07) is 13.9. The number of aromatic hydroxyl groups is 1. The molecule has 0 amide bonds. The SMILES string of the molecule is COc1cc(CCOC2N=C3C=CC(Nc4ccc(C)cc4)=CC3(C)C(N3CCCCC3)N2)ccc1O. The molecule has 3 N–H and O–H groups in total. The van der Waals surface area contributed by atoms with Crippen LogP contribution in [-0.2, 0) is 11.2 Å². The highest BCUT2D eigenvalue weighted by Crippen LogP contribution is 2.38. The van der Waals surface area contributed by atoms with Gasteiger partial charge in [-0.1, -0.05) is 30.2 Å². The van der Waals surface area contributed by atoms with Crippen molar-refractivity contribution in [2.45, 2.75) is 52.0 Å². The van der Waals surface area contributed by atoms with E-state index in [4.69, 9.17) is 14.5 Å². The molecule has 2 aromatic rings. The summed E-state index contributed by atoms with van der Waals surface area (Å²) in [5, 5.41) is 17.2. The minimum Gasteiger partial charge on any atom is -0.504 e. The third kappa shape index (κ3) is 5.74. The van der Waals surface area contributed by atoms with Crippen molar-refractivity contribution in [1.82, 2.24) is 10.2 Å². The lowest BCUT2D eigenvalue weighted by molar-refractivity contribution is -0.0247. The molecule has 1 fully saturated rings. The quantitative estimate of drug-likeness (QED) is 0.473. The number of phenols is 1. The Morgan fingerprint density at radius 3 is 2.65 bits per heavy atom. The molecule has 2 aromatic carbocycles. The molecule has 0 saturated carbocycles. The molecule has 2 heterocycles. The third-order valence-corrected chi connectivity index (χ3v) is 7.56. The second-order valence-electron chi connectivity index (χ2n) is 10.4. The number of benzene rings is 2. The number of nitrogens with zero attached hydrogens (tertiary/aromatic N) is 2. The number of anilines is 1. The van der Waals surface area contributed by atoms with E-state index in [1.165, 1.54) is 24.8 Å². The van der Waals surface area contributed by atoms with Gasteiger partial charge in [0.1, 0.15) is 0 Å². The van der Waals surface area contributed by atoms with Gasteiger partial charge in [-0.2, -0.15) is 0 Å². The normalized spacial score (nSPS) is 25.7. The summed E-state index contributed by atoms with van der Waals surface area (Å²) in [5.74, 6) is 0.619. The largest absolute Gasteiger partial charge is 0.504 e. The molecule has 7 heteroatoms. The van der Waals surface area contributed by atoms with E-state index in [0.29, 0.717) is 18.8 Å². The Balaban J connectivity index is 1.33. The first kappa shape index (κ1) is 25.5. The Bertz CT molecular complexity index is 1180. The van der Waals surface area contributed by atoms with Crippen molar-refractivity contribution in [3.8, 4) is 11.5 Å². The number of piperidine rings is 1. The fraction of sp³-hybridized carbons (Fsp3) is 0.433. The Kier molecular flexibility index (Phi) is 7.65. The second-order valence-corrected chi connectivity index (χ2v) is 10.4. The van der Waals surface area contributed by atoms with Crippen molar-refractivity contribution in [1.29, 1.82) is 0 Å². The van der Waals surface area contributed by atoms with Crippen molar-refractivity contribution < 1.29 is 14.6 Å². The lowest BCUT2D eigenvalue weighted by atomic mass is 9.76. The zero-order valence-electron chi connectivity index (χ0n) is 22.0. The lowest BCUT2D eigenvalue weighted by Crippen LogP contribution is -2.64. The summed E-state index contributed by atoms with van der Waals surface area (Å²) >= 11 is 0. The number of fused-ring (bicyclic) bond motifs is 1. The van der Waals surface area contributed by atoms with Gasteiger partial charge >= 0.3 is 0 Å². The number of ether oxygens (including phenoxy) is 2. The Morgan fingerprint density at radius 1 is 1.11 bits per heavy atom. The van der Waals surface area contributed by atoms with Crippen LogP contribution < -0.4 is 15.4 Å². The van der Waals surface area contributed by atoms with E-state index in [1.54, 1.807) is 13.2 Å². The first-order valence-electron chi connectivity index (χ1n) is 13.2. The van der Waals surface area contributed by atoms with E-state index in [1.807, 2.05) is 12.1 Å². The number of aliphatic imine (C=N–C) groups is 1. The average molecular weight is 503 g/mol. The van der Waals surface area contributed by atoms with Crippen molar-refractivity contribution in [3.63, 3.8) is 0 Å². The molecule has 0 radical (unpaired) electrons. The summed E-state index contributed by atoms with van der Waals surface area (Å²) in [6.45, 7) is 7.02. The molecule has 3 unspecified atom stereocenters. The van der Waals surface area contributed by atoms with Gasteiger partial charge in [0.2, 0.25) is 6.35 Å². The van der Waals surface area contributed by atoms with Gasteiger partial charge in [-0.25, -0.2) is 4.99 Å². The minimum absolute atomic E-state index is 0.0823. The van der Waals surface area contributed by atoms with Gasteiger partial charge in [0.05, 0.1) is 31.0 Å². The van der Waals surface area contributed by atoms with Gasteiger partial charge in [-0.05, 0) is 94.3 Å². The maximum Gasteiger partial charge on any atom is 0.205 e. The number of nitrogens with one attached hydrogen (secondary N) is 2. The lowest BCUT2D eigenvalue weighted by Gasteiger charge is -2.49. The molecule has 2 aliphatic heterocycles. The van der Waals surface area contributed by atoms with Crippen LogP contribution in [0.1, 0.15) is 37.3 Å². The number of hydrogen-bond acceptors (Lipinski definition) is 7. The highest BCUT2D eigenvalue weighted by Gasteiger charge is 2.45. The number of phenolic OH excluding ortho intramolecular Hbond substituents is 1. The summed E-state index contributed by atoms with van der Waals surface area (Å²) < 4.78 is 11.5. The fourth-order valence-corrected chi connectivity index (χ4v) is 5.46. The molecule has 1 saturated heterocycles. The van der Waals surface area contributed by atoms with E-state index in [9.17, 15) is 5.11 Å². The topological polar surface area (TPSA) is 78.4 Å². The monoisotopic (exact) mass is 502 g/mol. The Labute approximate surface area is 219 Å². The summed E-state index contributed by atoms with van der Waals surface area (Å²) in [7, 11) is 1.56. The van der Waals surface area contributed by atoms with Crippen molar-refractivity contribution in [2.75, 3.05) is 32.1 Å². The van der Waals surface area contributed by atoms with Gasteiger partial charge in [0, 0.05) is 11.4 Å². The maximum atomic E-state index is 9.86. The maximum absolute atomic E-state index is 9.86. The van der Waals surface area contributed by atoms with Crippen molar-refractivity contribution in [3.05, 3.63) is 77.5 Å². The molecular weight excluding hydrogens is 464 g/mol. The number of aryl methyl sites for hydroxylation is 1. The van der Waals surface area contributed by atoms with Crippen LogP contribution >= 0.6 is 0 Å². The van der Waals surface area contributed by atoms with Gasteiger partial charge in [0.25, 0.3) is 0 Å². The van der Waals surface area contributed by atoms with Crippen LogP contribution in [0.2, 0.25) is 0 Å². The zero-order chi connectivity index (χ0) is 25.8. The van der Waals surface area contributed by atoms with Crippen molar-refractivity contribution >= 4 is 11.4 Å². The number of rotatable bonds is 8. The molecule has 37 heavy (non-hydrogen) atoms. The highest BCUT2D eigenvalue weighted by atomic mass is 16.5. The van der Waals surface area contributed by atoms with Crippen molar-refractivity contribution in [2.24, 2.45) is 10.4 Å². The summed E-state index contributed by atoms with van der Waals surface area (Å²) in [6.07, 6.45) is 10.6. The molecule has 0 bridgehead atoms. The van der Waals surface area contributed by atoms with Crippen LogP contribution in [0.3, 0.4) is 0 Å². The molecule has 1 aliphatic carbocycles. The van der Waals surface area contributed by atoms with E-state index in [-0.39, 0.29) is 17.3 Å². The first-order chi connectivity index (χ1) is 17.9. The molecule has 196 valence electrons. The van der Waals surface area contributed by atoms with Gasteiger partial charge in [0.15, 0.2) is 11.5 Å². The molecule has 0 spiro atoms. The fourth-order valence-electron chi connectivity index (χ4n) is 5.46. The standard InChI is InChI=1S/C30H38N4O3/c1-21-7-10-23(11-8-21)31-24-12-14-27-30(2,20-24)28(34-16-5-4-6-17-34)33-29(32-27)37-18-15-22-9-13-25(35)26(19-22)36-3/h7-14,19-20,28-29,31,33,35H,4-6,15-18H2,1-3H3. The molecule has 7 nitrogen and oxygen atoms in total. The van der Waals surface area contributed by atoms with Gasteiger partial charge in [-0.15, -0.1) is 0 Å². The van der Waals surface area contributed by atoms with Crippen LogP contribution in [0.15, 0.2) is 71.4 Å². The predicted octanol–water partition coefficient (Wildman–Crippen LogP) is 4.98. The smallest absolute Gasteiger partial charge is 0.205 e. The Hall–Kier alpha value is -3.13. The molecule has 3 atom stereocenters. The van der Waals surface area contributed by atoms with Crippen LogP contribution in [-0.4, -0.2) is 55.0 Å². The predicted molar refractivity (Wildman–Crippen MR) is 148 cm³/mol. The number of methoxy groups -OCH3 is 1.